The quantitative estimate of drug-likeness (QED) is 0.298. The number of rotatable bonds is 6. The van der Waals surface area contributed by atoms with Crippen LogP contribution < -0.4 is 4.74 Å². The minimum Gasteiger partial charge on any atom is -0.487 e. The predicted molar refractivity (Wildman–Crippen MR) is 151 cm³/mol. The first-order valence-corrected chi connectivity index (χ1v) is 14.3. The lowest BCUT2D eigenvalue weighted by Crippen LogP contribution is -2.38. The Morgan fingerprint density at radius 3 is 2.34 bits per heavy atom. The largest absolute Gasteiger partial charge is 0.487 e. The zero-order chi connectivity index (χ0) is 28.6. The second-order valence-corrected chi connectivity index (χ2v) is 11.1. The van der Waals surface area contributed by atoms with Crippen LogP contribution in [0.1, 0.15) is 43.9 Å². The standard InChI is InChI=1S/C31H33F3N6O/c1-2-39-13-9-24(10-14-39)41-29-26(16-35)36-18-27-28(29)25-15-22(17-37-30(25)38-27)21-5-3-20(4-6-21)19-40-11-7-23(8-12-40)31(32,33)34/h3-6,15,17-18,23-24H,2,7-14,19H2,1H3,(H,37,38). The molecule has 3 aromatic heterocycles. The first-order chi connectivity index (χ1) is 19.8. The summed E-state index contributed by atoms with van der Waals surface area (Å²) < 4.78 is 45.5. The highest BCUT2D eigenvalue weighted by Gasteiger charge is 2.41. The number of piperidine rings is 2. The van der Waals surface area contributed by atoms with Crippen molar-refractivity contribution in [2.45, 2.75) is 51.4 Å². The molecule has 0 atom stereocenters. The van der Waals surface area contributed by atoms with Crippen molar-refractivity contribution >= 4 is 21.9 Å². The van der Waals surface area contributed by atoms with E-state index in [-0.39, 0.29) is 24.6 Å². The molecule has 5 heterocycles. The number of nitriles is 1. The molecule has 2 aliphatic heterocycles. The van der Waals surface area contributed by atoms with Crippen LogP contribution in [0.25, 0.3) is 33.1 Å². The Labute approximate surface area is 236 Å². The number of hydrogen-bond acceptors (Lipinski definition) is 6. The van der Waals surface area contributed by atoms with Crippen LogP contribution in [0.5, 0.6) is 5.75 Å². The Morgan fingerprint density at radius 1 is 0.976 bits per heavy atom. The highest BCUT2D eigenvalue weighted by molar-refractivity contribution is 6.10. The SMILES string of the molecule is CCN1CCC(Oc2c(C#N)ncc3[nH]c4ncc(-c5ccc(CN6CCC(C(F)(F)F)CC6)cc5)cc4c23)CC1. The van der Waals surface area contributed by atoms with Gasteiger partial charge >= 0.3 is 6.18 Å². The summed E-state index contributed by atoms with van der Waals surface area (Å²) in [6.45, 7) is 6.65. The average molecular weight is 563 g/mol. The van der Waals surface area contributed by atoms with Crippen LogP contribution >= 0.6 is 0 Å². The van der Waals surface area contributed by atoms with Crippen LogP contribution in [-0.4, -0.2) is 69.8 Å². The van der Waals surface area contributed by atoms with Gasteiger partial charge in [0.25, 0.3) is 0 Å². The van der Waals surface area contributed by atoms with E-state index in [9.17, 15) is 18.4 Å². The monoisotopic (exact) mass is 562 g/mol. The second-order valence-electron chi connectivity index (χ2n) is 11.1. The molecule has 2 saturated heterocycles. The molecule has 2 aliphatic rings. The van der Waals surface area contributed by atoms with Crippen molar-refractivity contribution in [3.8, 4) is 22.9 Å². The number of hydrogen-bond donors (Lipinski definition) is 1. The van der Waals surface area contributed by atoms with E-state index < -0.39 is 12.1 Å². The molecular weight excluding hydrogens is 529 g/mol. The van der Waals surface area contributed by atoms with E-state index in [0.29, 0.717) is 31.0 Å². The van der Waals surface area contributed by atoms with Gasteiger partial charge in [0.2, 0.25) is 0 Å². The van der Waals surface area contributed by atoms with Crippen LogP contribution in [0.2, 0.25) is 0 Å². The van der Waals surface area contributed by atoms with E-state index in [1.807, 2.05) is 30.5 Å². The number of benzene rings is 1. The maximum Gasteiger partial charge on any atom is 0.391 e. The van der Waals surface area contributed by atoms with Crippen LogP contribution in [-0.2, 0) is 6.54 Å². The van der Waals surface area contributed by atoms with Crippen molar-refractivity contribution < 1.29 is 17.9 Å². The molecule has 0 radical (unpaired) electrons. The Bertz CT molecular complexity index is 1560. The summed E-state index contributed by atoms with van der Waals surface area (Å²) >= 11 is 0. The van der Waals surface area contributed by atoms with Gasteiger partial charge in [0, 0.05) is 36.8 Å². The summed E-state index contributed by atoms with van der Waals surface area (Å²) in [4.78, 5) is 16.8. The van der Waals surface area contributed by atoms with Gasteiger partial charge in [-0.2, -0.15) is 18.4 Å². The highest BCUT2D eigenvalue weighted by Crippen LogP contribution is 2.38. The van der Waals surface area contributed by atoms with Gasteiger partial charge in [-0.25, -0.2) is 9.97 Å². The van der Waals surface area contributed by atoms with Gasteiger partial charge in [-0.3, -0.25) is 4.90 Å². The Kier molecular flexibility index (Phi) is 7.58. The first-order valence-electron chi connectivity index (χ1n) is 14.3. The molecule has 10 heteroatoms. The number of nitrogens with one attached hydrogen (secondary N) is 1. The van der Waals surface area contributed by atoms with Crippen molar-refractivity contribution in [3.63, 3.8) is 0 Å². The molecule has 0 unspecified atom stereocenters. The molecule has 0 bridgehead atoms. The third-order valence-corrected chi connectivity index (χ3v) is 8.56. The fourth-order valence-electron chi connectivity index (χ4n) is 6.08. The van der Waals surface area contributed by atoms with Crippen LogP contribution in [0, 0.1) is 17.2 Å². The van der Waals surface area contributed by atoms with E-state index in [4.69, 9.17) is 4.74 Å². The molecule has 1 N–H and O–H groups in total. The van der Waals surface area contributed by atoms with E-state index in [0.717, 1.165) is 65.5 Å². The van der Waals surface area contributed by atoms with E-state index in [1.54, 1.807) is 6.20 Å². The molecule has 0 saturated carbocycles. The Morgan fingerprint density at radius 2 is 1.68 bits per heavy atom. The minimum atomic E-state index is -4.10. The molecule has 214 valence electrons. The molecule has 41 heavy (non-hydrogen) atoms. The van der Waals surface area contributed by atoms with E-state index in [2.05, 4.69) is 43.8 Å². The molecule has 6 rings (SSSR count). The number of likely N-dealkylation sites (tertiary alicyclic amines) is 2. The van der Waals surface area contributed by atoms with Crippen molar-refractivity contribution in [1.29, 1.82) is 5.26 Å². The summed E-state index contributed by atoms with van der Waals surface area (Å²) in [6, 6.07) is 12.4. The van der Waals surface area contributed by atoms with Gasteiger partial charge < -0.3 is 14.6 Å². The first kappa shape index (κ1) is 27.5. The maximum absolute atomic E-state index is 13.0. The third-order valence-electron chi connectivity index (χ3n) is 8.56. The number of nitrogens with zero attached hydrogens (tertiary/aromatic N) is 5. The molecule has 0 aliphatic carbocycles. The molecular formula is C31H33F3N6O. The predicted octanol–water partition coefficient (Wildman–Crippen LogP) is 6.29. The topological polar surface area (TPSA) is 81.1 Å². The average Bonchev–Trinajstić information content (AvgIpc) is 3.36. The number of pyridine rings is 2. The maximum atomic E-state index is 13.0. The number of aromatic nitrogens is 3. The molecule has 7 nitrogen and oxygen atoms in total. The third kappa shape index (κ3) is 5.74. The summed E-state index contributed by atoms with van der Waals surface area (Å²) in [5, 5.41) is 11.5. The molecule has 0 spiro atoms. The molecule has 4 aromatic rings. The van der Waals surface area contributed by atoms with Crippen LogP contribution in [0.4, 0.5) is 13.2 Å². The van der Waals surface area contributed by atoms with Gasteiger partial charge in [-0.05, 0) is 62.5 Å². The summed E-state index contributed by atoms with van der Waals surface area (Å²) in [7, 11) is 0. The van der Waals surface area contributed by atoms with E-state index >= 15 is 0 Å². The van der Waals surface area contributed by atoms with Crippen molar-refractivity contribution in [3.05, 3.63) is 54.0 Å². The van der Waals surface area contributed by atoms with Gasteiger partial charge in [-0.15, -0.1) is 0 Å². The van der Waals surface area contributed by atoms with E-state index in [1.165, 1.54) is 0 Å². The number of aromatic amines is 1. The van der Waals surface area contributed by atoms with Crippen molar-refractivity contribution in [2.75, 3.05) is 32.7 Å². The number of ether oxygens (including phenoxy) is 1. The van der Waals surface area contributed by atoms with Gasteiger partial charge in [0.1, 0.15) is 17.8 Å². The lowest BCUT2D eigenvalue weighted by molar-refractivity contribution is -0.185. The minimum absolute atomic E-state index is 0.0187. The number of alkyl halides is 3. The molecule has 2 fully saturated rings. The number of fused-ring (bicyclic) bond motifs is 3. The summed E-state index contributed by atoms with van der Waals surface area (Å²) in [5.41, 5.74) is 4.71. The fraction of sp³-hybridized carbons (Fsp3) is 0.452. The Hall–Kier alpha value is -3.68. The lowest BCUT2D eigenvalue weighted by atomic mass is 9.96. The fourth-order valence-corrected chi connectivity index (χ4v) is 6.08. The molecule has 0 amide bonds. The Balaban J connectivity index is 1.24. The zero-order valence-corrected chi connectivity index (χ0v) is 23.0. The lowest BCUT2D eigenvalue weighted by Gasteiger charge is -2.32. The van der Waals surface area contributed by atoms with Crippen LogP contribution in [0.3, 0.4) is 0 Å². The molecule has 1 aromatic carbocycles. The summed E-state index contributed by atoms with van der Waals surface area (Å²) in [5.74, 6) is -0.678. The smallest absolute Gasteiger partial charge is 0.391 e. The van der Waals surface area contributed by atoms with Gasteiger partial charge in [0.15, 0.2) is 11.4 Å². The van der Waals surface area contributed by atoms with Gasteiger partial charge in [0.05, 0.1) is 23.0 Å². The zero-order valence-electron chi connectivity index (χ0n) is 23.0. The number of halogens is 3. The van der Waals surface area contributed by atoms with Crippen LogP contribution in [0.15, 0.2) is 42.7 Å². The van der Waals surface area contributed by atoms with Crippen molar-refractivity contribution in [2.24, 2.45) is 5.92 Å². The van der Waals surface area contributed by atoms with Gasteiger partial charge in [-0.1, -0.05) is 31.2 Å². The number of H-pyrrole nitrogens is 1. The van der Waals surface area contributed by atoms with Crippen molar-refractivity contribution in [1.82, 2.24) is 24.8 Å². The highest BCUT2D eigenvalue weighted by atomic mass is 19.4. The summed E-state index contributed by atoms with van der Waals surface area (Å²) in [6.07, 6.45) is 1.50. The normalized spacial score (nSPS) is 18.2. The second kappa shape index (κ2) is 11.3.